The van der Waals surface area contributed by atoms with Gasteiger partial charge >= 0.3 is 0 Å². The van der Waals surface area contributed by atoms with Gasteiger partial charge in [-0.2, -0.15) is 0 Å². The lowest BCUT2D eigenvalue weighted by Gasteiger charge is -2.25. The monoisotopic (exact) mass is 317 g/mol. The third-order valence-electron chi connectivity index (χ3n) is 2.68. The van der Waals surface area contributed by atoms with E-state index >= 15 is 0 Å². The zero-order valence-electron chi connectivity index (χ0n) is 11.1. The van der Waals surface area contributed by atoms with Crippen LogP contribution in [-0.4, -0.2) is 17.3 Å². The van der Waals surface area contributed by atoms with Crippen molar-refractivity contribution in [3.63, 3.8) is 0 Å². The first-order valence-electron chi connectivity index (χ1n) is 6.17. The summed E-state index contributed by atoms with van der Waals surface area (Å²) in [6.45, 7) is 7.14. The molecule has 102 valence electrons. The summed E-state index contributed by atoms with van der Waals surface area (Å²) in [6, 6.07) is 4.63. The molecule has 2 N–H and O–H groups in total. The highest BCUT2D eigenvalue weighted by Crippen LogP contribution is 2.19. The van der Waals surface area contributed by atoms with Crippen molar-refractivity contribution in [1.82, 2.24) is 5.32 Å². The molecule has 0 radical (unpaired) electrons. The molecule has 0 aliphatic carbocycles. The molecule has 1 rings (SSSR count). The fourth-order valence-electron chi connectivity index (χ4n) is 2.08. The van der Waals surface area contributed by atoms with Crippen molar-refractivity contribution in [1.29, 1.82) is 0 Å². The third-order valence-corrected chi connectivity index (χ3v) is 3.42. The van der Waals surface area contributed by atoms with E-state index in [-0.39, 0.29) is 5.82 Å². The molecule has 1 aromatic carbocycles. The van der Waals surface area contributed by atoms with Crippen LogP contribution in [-0.2, 0) is 6.54 Å². The smallest absolute Gasteiger partial charge is 0.124 e. The second kappa shape index (κ2) is 6.64. The van der Waals surface area contributed by atoms with Crippen LogP contribution < -0.4 is 5.32 Å². The summed E-state index contributed by atoms with van der Waals surface area (Å²) in [5.74, 6) is 0.205. The van der Waals surface area contributed by atoms with Gasteiger partial charge in [0.2, 0.25) is 0 Å². The largest absolute Gasteiger partial charge is 0.389 e. The average Bonchev–Trinajstić information content (AvgIpc) is 2.19. The predicted molar refractivity (Wildman–Crippen MR) is 75.9 cm³/mol. The minimum absolute atomic E-state index is 0.252. The van der Waals surface area contributed by atoms with Gasteiger partial charge in [-0.3, -0.25) is 0 Å². The first-order chi connectivity index (χ1) is 8.30. The Kier molecular flexibility index (Phi) is 5.76. The fourth-order valence-corrected chi connectivity index (χ4v) is 2.57. The molecule has 0 aromatic heterocycles. The van der Waals surface area contributed by atoms with Crippen molar-refractivity contribution in [2.75, 3.05) is 6.54 Å². The molecule has 1 unspecified atom stereocenters. The SMILES string of the molecule is CC(C)CC(C)(O)CNCc1ccc(F)cc1Br. The molecule has 0 saturated heterocycles. The topological polar surface area (TPSA) is 32.3 Å². The van der Waals surface area contributed by atoms with E-state index in [9.17, 15) is 9.50 Å². The van der Waals surface area contributed by atoms with Gasteiger partial charge in [-0.25, -0.2) is 4.39 Å². The van der Waals surface area contributed by atoms with Crippen LogP contribution >= 0.6 is 15.9 Å². The van der Waals surface area contributed by atoms with Crippen LogP contribution in [0.25, 0.3) is 0 Å². The summed E-state index contributed by atoms with van der Waals surface area (Å²) >= 11 is 3.33. The van der Waals surface area contributed by atoms with Gasteiger partial charge in [0.05, 0.1) is 5.60 Å². The van der Waals surface area contributed by atoms with E-state index in [1.165, 1.54) is 12.1 Å². The highest BCUT2D eigenvalue weighted by atomic mass is 79.9. The van der Waals surface area contributed by atoms with Gasteiger partial charge in [-0.15, -0.1) is 0 Å². The van der Waals surface area contributed by atoms with Crippen molar-refractivity contribution in [2.45, 2.75) is 39.3 Å². The summed E-state index contributed by atoms with van der Waals surface area (Å²) < 4.78 is 13.7. The Labute approximate surface area is 117 Å². The number of halogens is 2. The molecule has 0 aliphatic rings. The molecule has 1 aromatic rings. The Hall–Kier alpha value is -0.450. The maximum Gasteiger partial charge on any atom is 0.124 e. The van der Waals surface area contributed by atoms with Crippen LogP contribution in [0.4, 0.5) is 4.39 Å². The molecule has 1 atom stereocenters. The zero-order valence-corrected chi connectivity index (χ0v) is 12.7. The molecule has 0 bridgehead atoms. The van der Waals surface area contributed by atoms with Crippen LogP contribution in [0.15, 0.2) is 22.7 Å². The lowest BCUT2D eigenvalue weighted by molar-refractivity contribution is 0.0383. The Balaban J connectivity index is 2.46. The summed E-state index contributed by atoms with van der Waals surface area (Å²) in [4.78, 5) is 0. The van der Waals surface area contributed by atoms with E-state index in [4.69, 9.17) is 0 Å². The number of nitrogens with one attached hydrogen (secondary N) is 1. The first-order valence-corrected chi connectivity index (χ1v) is 6.96. The van der Waals surface area contributed by atoms with E-state index in [1.807, 2.05) is 6.92 Å². The lowest BCUT2D eigenvalue weighted by atomic mass is 9.94. The first kappa shape index (κ1) is 15.6. The average molecular weight is 318 g/mol. The highest BCUT2D eigenvalue weighted by molar-refractivity contribution is 9.10. The van der Waals surface area contributed by atoms with Gasteiger partial charge in [-0.1, -0.05) is 35.8 Å². The standard InChI is InChI=1S/C14H21BrFNO/c1-10(2)7-14(3,18)9-17-8-11-4-5-12(16)6-13(11)15/h4-6,10,17-18H,7-9H2,1-3H3. The van der Waals surface area contributed by atoms with Crippen LogP contribution in [0, 0.1) is 11.7 Å². The van der Waals surface area contributed by atoms with Crippen LogP contribution in [0.3, 0.4) is 0 Å². The number of aliphatic hydroxyl groups is 1. The van der Waals surface area contributed by atoms with Gasteiger partial charge < -0.3 is 10.4 Å². The van der Waals surface area contributed by atoms with E-state index in [0.29, 0.717) is 19.0 Å². The van der Waals surface area contributed by atoms with Crippen LogP contribution in [0.5, 0.6) is 0 Å². The van der Waals surface area contributed by atoms with Crippen LogP contribution in [0.1, 0.15) is 32.8 Å². The van der Waals surface area contributed by atoms with Crippen molar-refractivity contribution in [3.05, 3.63) is 34.1 Å². The molecule has 2 nitrogen and oxygen atoms in total. The van der Waals surface area contributed by atoms with E-state index in [0.717, 1.165) is 16.5 Å². The molecule has 0 heterocycles. The van der Waals surface area contributed by atoms with Gasteiger partial charge in [-0.05, 0) is 37.0 Å². The molecule has 0 aliphatic heterocycles. The van der Waals surface area contributed by atoms with Gasteiger partial charge in [0.15, 0.2) is 0 Å². The molecule has 0 amide bonds. The Morgan fingerprint density at radius 1 is 1.44 bits per heavy atom. The molecular weight excluding hydrogens is 297 g/mol. The summed E-state index contributed by atoms with van der Waals surface area (Å²) in [6.07, 6.45) is 0.755. The van der Waals surface area contributed by atoms with Crippen molar-refractivity contribution in [2.24, 2.45) is 5.92 Å². The maximum atomic E-state index is 12.9. The van der Waals surface area contributed by atoms with E-state index < -0.39 is 5.60 Å². The second-order valence-corrected chi connectivity index (χ2v) is 6.29. The summed E-state index contributed by atoms with van der Waals surface area (Å²) in [7, 11) is 0. The Morgan fingerprint density at radius 2 is 2.11 bits per heavy atom. The maximum absolute atomic E-state index is 12.9. The second-order valence-electron chi connectivity index (χ2n) is 5.43. The van der Waals surface area contributed by atoms with Gasteiger partial charge in [0.1, 0.15) is 5.82 Å². The number of benzene rings is 1. The third kappa shape index (κ3) is 5.46. The predicted octanol–water partition coefficient (Wildman–Crippen LogP) is 3.47. The van der Waals surface area contributed by atoms with E-state index in [2.05, 4.69) is 35.1 Å². The minimum atomic E-state index is -0.708. The number of hydrogen-bond donors (Lipinski definition) is 2. The summed E-state index contributed by atoms with van der Waals surface area (Å²) in [5, 5.41) is 13.3. The van der Waals surface area contributed by atoms with Crippen molar-refractivity contribution >= 4 is 15.9 Å². The fraction of sp³-hybridized carbons (Fsp3) is 0.571. The van der Waals surface area contributed by atoms with Gasteiger partial charge in [0, 0.05) is 17.6 Å². The molecular formula is C14H21BrFNO. The van der Waals surface area contributed by atoms with Crippen molar-refractivity contribution < 1.29 is 9.50 Å². The lowest BCUT2D eigenvalue weighted by Crippen LogP contribution is -2.38. The summed E-state index contributed by atoms with van der Waals surface area (Å²) in [5.41, 5.74) is 0.275. The number of rotatable bonds is 6. The Bertz CT molecular complexity index is 393. The zero-order chi connectivity index (χ0) is 13.8. The quantitative estimate of drug-likeness (QED) is 0.842. The Morgan fingerprint density at radius 3 is 2.67 bits per heavy atom. The molecule has 0 saturated carbocycles. The molecule has 0 fully saturated rings. The van der Waals surface area contributed by atoms with Gasteiger partial charge in [0.25, 0.3) is 0 Å². The van der Waals surface area contributed by atoms with E-state index in [1.54, 1.807) is 6.07 Å². The van der Waals surface area contributed by atoms with Crippen molar-refractivity contribution in [3.8, 4) is 0 Å². The molecule has 0 spiro atoms. The number of hydrogen-bond acceptors (Lipinski definition) is 2. The molecule has 18 heavy (non-hydrogen) atoms. The van der Waals surface area contributed by atoms with Crippen LogP contribution in [0.2, 0.25) is 0 Å². The molecule has 4 heteroatoms. The highest BCUT2D eigenvalue weighted by Gasteiger charge is 2.21. The normalized spacial score (nSPS) is 14.8. The minimum Gasteiger partial charge on any atom is -0.389 e.